The number of nitrogens with zero attached hydrogens (tertiary/aromatic N) is 1. The summed E-state index contributed by atoms with van der Waals surface area (Å²) in [6.45, 7) is 4.97. The molecule has 1 N–H and O–H groups in total. The predicted octanol–water partition coefficient (Wildman–Crippen LogP) is 6.04. The lowest BCUT2D eigenvalue weighted by atomic mass is 10.0. The number of hydrogen-bond donors (Lipinski definition) is 1. The third-order valence-electron chi connectivity index (χ3n) is 5.16. The number of anilines is 1. The first kappa shape index (κ1) is 18.4. The van der Waals surface area contributed by atoms with Crippen molar-refractivity contribution in [2.45, 2.75) is 20.4 Å². The summed E-state index contributed by atoms with van der Waals surface area (Å²) in [6, 6.07) is 17.2. The third-order valence-corrected chi connectivity index (χ3v) is 5.49. The Morgan fingerprint density at radius 3 is 2.57 bits per heavy atom. The molecule has 5 heteroatoms. The molecule has 0 aliphatic rings. The lowest BCUT2D eigenvalue weighted by Gasteiger charge is -2.14. The number of hydrogen-bond acceptors (Lipinski definition) is 2. The molecule has 4 rings (SSSR count). The van der Waals surface area contributed by atoms with E-state index in [0.29, 0.717) is 16.3 Å². The van der Waals surface area contributed by atoms with Crippen molar-refractivity contribution in [1.82, 2.24) is 4.57 Å². The highest BCUT2D eigenvalue weighted by Gasteiger charge is 2.20. The van der Waals surface area contributed by atoms with E-state index in [1.807, 2.05) is 25.1 Å². The van der Waals surface area contributed by atoms with Gasteiger partial charge in [0.1, 0.15) is 5.75 Å². The van der Waals surface area contributed by atoms with Crippen LogP contribution in [0.25, 0.3) is 21.8 Å². The molecule has 0 radical (unpaired) electrons. The zero-order valence-corrected chi connectivity index (χ0v) is 16.8. The number of nitrogens with one attached hydrogen (secondary N) is 1. The molecule has 4 nitrogen and oxygen atoms in total. The van der Waals surface area contributed by atoms with Crippen LogP contribution in [0, 0.1) is 6.92 Å². The second-order valence-corrected chi connectivity index (χ2v) is 7.08. The quantitative estimate of drug-likeness (QED) is 0.460. The minimum atomic E-state index is -0.241. The number of benzene rings is 3. The summed E-state index contributed by atoms with van der Waals surface area (Å²) in [6.07, 6.45) is 0. The monoisotopic (exact) mass is 392 g/mol. The first-order valence-corrected chi connectivity index (χ1v) is 9.59. The van der Waals surface area contributed by atoms with Gasteiger partial charge in [-0.2, -0.15) is 0 Å². The molecule has 0 bridgehead atoms. The summed E-state index contributed by atoms with van der Waals surface area (Å²) in [5, 5.41) is 5.67. The molecule has 0 fully saturated rings. The van der Waals surface area contributed by atoms with Crippen molar-refractivity contribution in [2.75, 3.05) is 12.4 Å². The van der Waals surface area contributed by atoms with Crippen LogP contribution in [0.3, 0.4) is 0 Å². The zero-order chi connectivity index (χ0) is 19.8. The molecule has 142 valence electrons. The third kappa shape index (κ3) is 2.81. The van der Waals surface area contributed by atoms with Crippen molar-refractivity contribution in [2.24, 2.45) is 0 Å². The van der Waals surface area contributed by atoms with Crippen molar-refractivity contribution in [3.63, 3.8) is 0 Å². The summed E-state index contributed by atoms with van der Waals surface area (Å²) < 4.78 is 7.95. The van der Waals surface area contributed by atoms with E-state index < -0.39 is 0 Å². The van der Waals surface area contributed by atoms with Crippen LogP contribution in [0.1, 0.15) is 22.8 Å². The van der Waals surface area contributed by atoms with Crippen molar-refractivity contribution in [1.29, 1.82) is 0 Å². The Hall–Kier alpha value is -2.98. The van der Waals surface area contributed by atoms with Crippen LogP contribution in [-0.2, 0) is 6.54 Å². The van der Waals surface area contributed by atoms with Gasteiger partial charge in [-0.15, -0.1) is 0 Å². The van der Waals surface area contributed by atoms with Gasteiger partial charge in [-0.05, 0) is 37.6 Å². The normalized spacial score (nSPS) is 11.1. The number of carbonyl (C=O) groups excluding carboxylic acids is 1. The molecule has 1 heterocycles. The molecule has 4 aromatic rings. The number of aromatic nitrogens is 1. The summed E-state index contributed by atoms with van der Waals surface area (Å²) in [4.78, 5) is 12.8. The van der Waals surface area contributed by atoms with Gasteiger partial charge < -0.3 is 14.6 Å². The average molecular weight is 393 g/mol. The average Bonchev–Trinajstić information content (AvgIpc) is 3.05. The zero-order valence-electron chi connectivity index (χ0n) is 16.0. The fourth-order valence-electron chi connectivity index (χ4n) is 3.83. The Bertz CT molecular complexity index is 1210. The van der Waals surface area contributed by atoms with Gasteiger partial charge in [-0.25, -0.2) is 0 Å². The Morgan fingerprint density at radius 1 is 1.14 bits per heavy atom. The lowest BCUT2D eigenvalue weighted by molar-refractivity contribution is 0.102. The molecule has 0 aliphatic carbocycles. The topological polar surface area (TPSA) is 43.3 Å². The van der Waals surface area contributed by atoms with E-state index in [-0.39, 0.29) is 5.91 Å². The van der Waals surface area contributed by atoms with Crippen LogP contribution in [0.5, 0.6) is 5.75 Å². The Morgan fingerprint density at radius 2 is 1.86 bits per heavy atom. The van der Waals surface area contributed by atoms with Gasteiger partial charge in [0.05, 0.1) is 23.2 Å². The van der Waals surface area contributed by atoms with Gasteiger partial charge in [0.2, 0.25) is 0 Å². The Labute approximate surface area is 168 Å². The molecule has 3 aromatic carbocycles. The van der Waals surface area contributed by atoms with E-state index in [9.17, 15) is 4.79 Å². The van der Waals surface area contributed by atoms with Crippen LogP contribution < -0.4 is 10.1 Å². The van der Waals surface area contributed by atoms with Crippen molar-refractivity contribution >= 4 is 45.0 Å². The molecule has 0 atom stereocenters. The minimum absolute atomic E-state index is 0.241. The van der Waals surface area contributed by atoms with E-state index in [1.165, 1.54) is 0 Å². The molecule has 0 saturated carbocycles. The molecule has 1 amide bonds. The highest BCUT2D eigenvalue weighted by atomic mass is 35.5. The number of halogens is 1. The van der Waals surface area contributed by atoms with Gasteiger partial charge in [0.25, 0.3) is 5.91 Å². The first-order valence-electron chi connectivity index (χ1n) is 9.21. The smallest absolute Gasteiger partial charge is 0.257 e. The maximum Gasteiger partial charge on any atom is 0.257 e. The van der Waals surface area contributed by atoms with Crippen molar-refractivity contribution < 1.29 is 9.53 Å². The van der Waals surface area contributed by atoms with Crippen LogP contribution in [0.15, 0.2) is 54.6 Å². The largest absolute Gasteiger partial charge is 0.494 e. The summed E-state index contributed by atoms with van der Waals surface area (Å²) in [5.74, 6) is 0.488. The number of methoxy groups -OCH3 is 1. The maximum absolute atomic E-state index is 12.8. The number of ether oxygens (including phenoxy) is 1. The fraction of sp³-hybridized carbons (Fsp3) is 0.174. The van der Waals surface area contributed by atoms with E-state index in [2.05, 4.69) is 28.9 Å². The molecule has 28 heavy (non-hydrogen) atoms. The van der Waals surface area contributed by atoms with Gasteiger partial charge in [-0.3, -0.25) is 4.79 Å². The molecule has 0 aliphatic heterocycles. The van der Waals surface area contributed by atoms with Gasteiger partial charge >= 0.3 is 0 Å². The Kier molecular flexibility index (Phi) is 4.73. The maximum atomic E-state index is 12.8. The Balaban J connectivity index is 1.94. The number of amides is 1. The second-order valence-electron chi connectivity index (χ2n) is 6.67. The molecule has 0 spiro atoms. The standard InChI is InChI=1S/C23H21ClN2O2/c1-4-26-19-12-8-6-10-16(19)21-14(2)18(13-20(28-3)22(21)26)25-23(27)15-9-5-7-11-17(15)24/h5-13H,4H2,1-3H3,(H,25,27). The van der Waals surface area contributed by atoms with Gasteiger partial charge in [0, 0.05) is 34.6 Å². The minimum Gasteiger partial charge on any atom is -0.494 e. The molecule has 0 unspecified atom stereocenters. The number of aryl methyl sites for hydroxylation is 2. The lowest BCUT2D eigenvalue weighted by Crippen LogP contribution is -2.13. The van der Waals surface area contributed by atoms with Crippen LogP contribution in [0.2, 0.25) is 5.02 Å². The van der Waals surface area contributed by atoms with E-state index in [1.54, 1.807) is 31.4 Å². The summed E-state index contributed by atoms with van der Waals surface area (Å²) in [7, 11) is 1.65. The van der Waals surface area contributed by atoms with Crippen LogP contribution in [-0.4, -0.2) is 17.6 Å². The predicted molar refractivity (Wildman–Crippen MR) is 116 cm³/mol. The summed E-state index contributed by atoms with van der Waals surface area (Å²) in [5.41, 5.74) is 4.35. The molecule has 1 aromatic heterocycles. The summed E-state index contributed by atoms with van der Waals surface area (Å²) >= 11 is 6.19. The van der Waals surface area contributed by atoms with Crippen molar-refractivity contribution in [3.05, 3.63) is 70.7 Å². The number of para-hydroxylation sites is 1. The first-order chi connectivity index (χ1) is 13.6. The van der Waals surface area contributed by atoms with Gasteiger partial charge in [-0.1, -0.05) is 41.9 Å². The number of rotatable bonds is 4. The van der Waals surface area contributed by atoms with E-state index in [0.717, 1.165) is 39.7 Å². The molecular formula is C23H21ClN2O2. The van der Waals surface area contributed by atoms with Gasteiger partial charge in [0.15, 0.2) is 0 Å². The van der Waals surface area contributed by atoms with Crippen LogP contribution >= 0.6 is 11.6 Å². The van der Waals surface area contributed by atoms with Crippen molar-refractivity contribution in [3.8, 4) is 5.75 Å². The van der Waals surface area contributed by atoms with Crippen LogP contribution in [0.4, 0.5) is 5.69 Å². The fourth-order valence-corrected chi connectivity index (χ4v) is 4.05. The second kappa shape index (κ2) is 7.21. The van der Waals surface area contributed by atoms with E-state index >= 15 is 0 Å². The highest BCUT2D eigenvalue weighted by molar-refractivity contribution is 6.34. The number of fused-ring (bicyclic) bond motifs is 3. The van der Waals surface area contributed by atoms with E-state index in [4.69, 9.17) is 16.3 Å². The highest BCUT2D eigenvalue weighted by Crippen LogP contribution is 2.40. The molecular weight excluding hydrogens is 372 g/mol. The molecule has 0 saturated heterocycles. The number of carbonyl (C=O) groups is 1. The SMILES string of the molecule is CCn1c2ccccc2c2c(C)c(NC(=O)c3ccccc3Cl)cc(OC)c21.